The molecule has 0 spiro atoms. The summed E-state index contributed by atoms with van der Waals surface area (Å²) in [6, 6.07) is 8.46. The van der Waals surface area contributed by atoms with Crippen LogP contribution in [0, 0.1) is 0 Å². The van der Waals surface area contributed by atoms with Crippen molar-refractivity contribution in [1.82, 2.24) is 10.2 Å². The van der Waals surface area contributed by atoms with Crippen LogP contribution in [0.15, 0.2) is 24.3 Å². The van der Waals surface area contributed by atoms with E-state index in [1.807, 2.05) is 25.1 Å². The summed E-state index contributed by atoms with van der Waals surface area (Å²) in [6.07, 6.45) is 2.65. The molecule has 1 aromatic carbocycles. The molecule has 1 atom stereocenters. The van der Waals surface area contributed by atoms with Gasteiger partial charge >= 0.3 is 0 Å². The average molecular weight is 372 g/mol. The highest BCUT2D eigenvalue weighted by Crippen LogP contribution is 2.38. The topological polar surface area (TPSA) is 50.8 Å². The largest absolute Gasteiger partial charge is 0.493 e. The first kappa shape index (κ1) is 17.4. The maximum absolute atomic E-state index is 12.7. The van der Waals surface area contributed by atoms with Crippen LogP contribution in [0.25, 0.3) is 0 Å². The van der Waals surface area contributed by atoms with Crippen molar-refractivity contribution in [2.45, 2.75) is 44.9 Å². The number of thiophene rings is 1. The third-order valence-electron chi connectivity index (χ3n) is 5.16. The summed E-state index contributed by atoms with van der Waals surface area (Å²) in [5.41, 5.74) is 2.31. The minimum atomic E-state index is -0.109. The molecule has 138 valence electrons. The molecule has 0 saturated heterocycles. The Morgan fingerprint density at radius 2 is 1.96 bits per heavy atom. The maximum atomic E-state index is 12.7. The molecule has 1 amide bonds. The smallest absolute Gasteiger partial charge is 0.261 e. The fraction of sp³-hybridized carbons (Fsp3) is 0.450. The first-order valence-corrected chi connectivity index (χ1v) is 9.79. The van der Waals surface area contributed by atoms with Gasteiger partial charge in [-0.1, -0.05) is 6.07 Å². The first-order valence-electron chi connectivity index (χ1n) is 8.97. The van der Waals surface area contributed by atoms with Gasteiger partial charge in [0.25, 0.3) is 5.91 Å². The van der Waals surface area contributed by atoms with E-state index in [9.17, 15) is 4.79 Å². The van der Waals surface area contributed by atoms with E-state index in [4.69, 9.17) is 9.47 Å². The Morgan fingerprint density at radius 3 is 2.62 bits per heavy atom. The zero-order chi connectivity index (χ0) is 18.3. The number of fused-ring (bicyclic) bond motifs is 1. The van der Waals surface area contributed by atoms with Crippen LogP contribution in [-0.2, 0) is 13.1 Å². The summed E-state index contributed by atoms with van der Waals surface area (Å²) in [6.45, 7) is 3.98. The number of nitrogens with zero attached hydrogens (tertiary/aromatic N) is 1. The van der Waals surface area contributed by atoms with E-state index in [0.29, 0.717) is 11.5 Å². The van der Waals surface area contributed by atoms with Crippen molar-refractivity contribution in [3.05, 3.63) is 45.1 Å². The van der Waals surface area contributed by atoms with Gasteiger partial charge in [0, 0.05) is 24.0 Å². The SMILES string of the molecule is COc1ccc(C(C)NC(=O)c2cc3c(s2)CN(C2CC2)C3)cc1OC. The Kier molecular flexibility index (Phi) is 4.63. The third-order valence-corrected chi connectivity index (χ3v) is 6.32. The summed E-state index contributed by atoms with van der Waals surface area (Å²) < 4.78 is 10.6. The molecule has 1 saturated carbocycles. The molecule has 1 aromatic heterocycles. The van der Waals surface area contributed by atoms with Gasteiger partial charge in [0.05, 0.1) is 25.1 Å². The first-order chi connectivity index (χ1) is 12.6. The van der Waals surface area contributed by atoms with Gasteiger partial charge in [-0.3, -0.25) is 9.69 Å². The minimum absolute atomic E-state index is 0.00958. The van der Waals surface area contributed by atoms with Gasteiger partial charge in [-0.2, -0.15) is 0 Å². The van der Waals surface area contributed by atoms with E-state index in [2.05, 4.69) is 16.3 Å². The van der Waals surface area contributed by atoms with Crippen LogP contribution in [0.3, 0.4) is 0 Å². The number of benzene rings is 1. The molecule has 0 bridgehead atoms. The maximum Gasteiger partial charge on any atom is 0.261 e. The third kappa shape index (κ3) is 3.31. The molecule has 1 fully saturated rings. The number of ether oxygens (including phenoxy) is 2. The lowest BCUT2D eigenvalue weighted by Gasteiger charge is -2.16. The molecule has 2 heterocycles. The molecule has 1 aliphatic carbocycles. The Bertz CT molecular complexity index is 805. The van der Waals surface area contributed by atoms with E-state index in [1.54, 1.807) is 25.6 Å². The van der Waals surface area contributed by atoms with Crippen molar-refractivity contribution >= 4 is 17.2 Å². The number of hydrogen-bond acceptors (Lipinski definition) is 5. The van der Waals surface area contributed by atoms with Gasteiger partial charge in [-0.25, -0.2) is 0 Å². The molecular formula is C20H24N2O3S. The van der Waals surface area contributed by atoms with Crippen LogP contribution in [0.2, 0.25) is 0 Å². The van der Waals surface area contributed by atoms with Crippen molar-refractivity contribution in [3.8, 4) is 11.5 Å². The molecule has 2 aliphatic rings. The van der Waals surface area contributed by atoms with Crippen LogP contribution in [0.5, 0.6) is 11.5 Å². The van der Waals surface area contributed by atoms with Gasteiger partial charge in [0.15, 0.2) is 11.5 Å². The van der Waals surface area contributed by atoms with Crippen molar-refractivity contribution < 1.29 is 14.3 Å². The summed E-state index contributed by atoms with van der Waals surface area (Å²) in [5.74, 6) is 1.34. The summed E-state index contributed by atoms with van der Waals surface area (Å²) in [4.78, 5) is 17.3. The second-order valence-electron chi connectivity index (χ2n) is 7.00. The van der Waals surface area contributed by atoms with Gasteiger partial charge in [-0.15, -0.1) is 11.3 Å². The van der Waals surface area contributed by atoms with Crippen LogP contribution >= 0.6 is 11.3 Å². The summed E-state index contributed by atoms with van der Waals surface area (Å²) >= 11 is 1.63. The molecule has 4 rings (SSSR count). The molecule has 1 N–H and O–H groups in total. The van der Waals surface area contributed by atoms with Crippen molar-refractivity contribution in [3.63, 3.8) is 0 Å². The van der Waals surface area contributed by atoms with E-state index in [1.165, 1.54) is 23.3 Å². The van der Waals surface area contributed by atoms with Gasteiger partial charge < -0.3 is 14.8 Å². The molecule has 1 unspecified atom stereocenters. The van der Waals surface area contributed by atoms with E-state index in [-0.39, 0.29) is 11.9 Å². The van der Waals surface area contributed by atoms with Crippen molar-refractivity contribution in [2.75, 3.05) is 14.2 Å². The number of nitrogens with one attached hydrogen (secondary N) is 1. The van der Waals surface area contributed by atoms with Gasteiger partial charge in [0.1, 0.15) is 0 Å². The fourth-order valence-electron chi connectivity index (χ4n) is 3.48. The van der Waals surface area contributed by atoms with Gasteiger partial charge in [-0.05, 0) is 49.1 Å². The van der Waals surface area contributed by atoms with Crippen LogP contribution in [-0.4, -0.2) is 31.1 Å². The number of methoxy groups -OCH3 is 2. The molecule has 2 aromatic rings. The number of hydrogen-bond donors (Lipinski definition) is 1. The Balaban J connectivity index is 1.43. The highest BCUT2D eigenvalue weighted by molar-refractivity contribution is 7.14. The molecule has 26 heavy (non-hydrogen) atoms. The molecule has 5 nitrogen and oxygen atoms in total. The second-order valence-corrected chi connectivity index (χ2v) is 8.14. The molecule has 6 heteroatoms. The Morgan fingerprint density at radius 1 is 1.19 bits per heavy atom. The Hall–Kier alpha value is -2.05. The van der Waals surface area contributed by atoms with E-state index >= 15 is 0 Å². The summed E-state index contributed by atoms with van der Waals surface area (Å²) in [5, 5.41) is 3.10. The van der Waals surface area contributed by atoms with Crippen LogP contribution in [0.4, 0.5) is 0 Å². The lowest BCUT2D eigenvalue weighted by Crippen LogP contribution is -2.26. The lowest BCUT2D eigenvalue weighted by molar-refractivity contribution is 0.0943. The van der Waals surface area contributed by atoms with Crippen molar-refractivity contribution in [2.24, 2.45) is 0 Å². The number of rotatable bonds is 6. The Labute approximate surface area is 157 Å². The van der Waals surface area contributed by atoms with Gasteiger partial charge in [0.2, 0.25) is 0 Å². The molecular weight excluding hydrogens is 348 g/mol. The van der Waals surface area contributed by atoms with Crippen LogP contribution < -0.4 is 14.8 Å². The molecule has 1 aliphatic heterocycles. The monoisotopic (exact) mass is 372 g/mol. The number of carbonyl (C=O) groups is 1. The van der Waals surface area contributed by atoms with E-state index in [0.717, 1.165) is 29.6 Å². The standard InChI is InChI=1S/C20H24N2O3S/c1-12(13-4-7-16(24-2)17(8-13)25-3)21-20(23)18-9-14-10-22(15-5-6-15)11-19(14)26-18/h4,7-9,12,15H,5-6,10-11H2,1-3H3,(H,21,23). The predicted octanol–water partition coefficient (Wildman–Crippen LogP) is 3.73. The fourth-order valence-corrected chi connectivity index (χ4v) is 4.58. The zero-order valence-corrected chi connectivity index (χ0v) is 16.2. The zero-order valence-electron chi connectivity index (χ0n) is 15.4. The second kappa shape index (κ2) is 6.93. The van der Waals surface area contributed by atoms with Crippen LogP contribution in [0.1, 0.15) is 51.5 Å². The summed E-state index contributed by atoms with van der Waals surface area (Å²) in [7, 11) is 3.23. The highest BCUT2D eigenvalue weighted by atomic mass is 32.1. The predicted molar refractivity (Wildman–Crippen MR) is 102 cm³/mol. The highest BCUT2D eigenvalue weighted by Gasteiger charge is 2.34. The molecule has 0 radical (unpaired) electrons. The normalized spacial score (nSPS) is 17.7. The quantitative estimate of drug-likeness (QED) is 0.839. The average Bonchev–Trinajstić information content (AvgIpc) is 3.30. The van der Waals surface area contributed by atoms with E-state index < -0.39 is 0 Å². The number of amides is 1. The lowest BCUT2D eigenvalue weighted by atomic mass is 10.1. The number of carbonyl (C=O) groups excluding carboxylic acids is 1. The van der Waals surface area contributed by atoms with Crippen molar-refractivity contribution in [1.29, 1.82) is 0 Å². The minimum Gasteiger partial charge on any atom is -0.493 e.